The highest BCUT2D eigenvalue weighted by Gasteiger charge is 2.26. The summed E-state index contributed by atoms with van der Waals surface area (Å²) in [5, 5.41) is 0.168. The molecule has 2 atom stereocenters. The van der Waals surface area contributed by atoms with Gasteiger partial charge in [-0.2, -0.15) is 0 Å². The van der Waals surface area contributed by atoms with Gasteiger partial charge >= 0.3 is 5.97 Å². The van der Waals surface area contributed by atoms with Crippen LogP contribution in [0, 0.1) is 5.92 Å². The van der Waals surface area contributed by atoms with E-state index in [2.05, 4.69) is 0 Å². The van der Waals surface area contributed by atoms with Crippen molar-refractivity contribution in [1.29, 1.82) is 0 Å². The highest BCUT2D eigenvalue weighted by molar-refractivity contribution is 6.20. The molecule has 1 aliphatic rings. The van der Waals surface area contributed by atoms with E-state index in [1.165, 1.54) is 45.6 Å². The first-order chi connectivity index (χ1) is 10.6. The molecule has 2 unspecified atom stereocenters. The first-order valence-corrected chi connectivity index (χ1v) is 9.33. The Bertz CT molecular complexity index is 330. The number of Topliss-reactive ketones (excluding diaryl/α,β-unsaturated/α-hetero) is 1. The van der Waals surface area contributed by atoms with Gasteiger partial charge in [0.15, 0.2) is 0 Å². The predicted molar refractivity (Wildman–Crippen MR) is 90.2 cm³/mol. The summed E-state index contributed by atoms with van der Waals surface area (Å²) < 4.78 is 4.80. The summed E-state index contributed by atoms with van der Waals surface area (Å²) in [5.41, 5.74) is 0. The fourth-order valence-electron chi connectivity index (χ4n) is 3.14. The van der Waals surface area contributed by atoms with Gasteiger partial charge in [-0.25, -0.2) is 0 Å². The van der Waals surface area contributed by atoms with E-state index < -0.39 is 5.92 Å². The Balaban J connectivity index is 2.52. The molecule has 22 heavy (non-hydrogen) atoms. The van der Waals surface area contributed by atoms with Crippen molar-refractivity contribution >= 4 is 23.4 Å². The second kappa shape index (κ2) is 11.9. The van der Waals surface area contributed by atoms with Crippen LogP contribution in [0.3, 0.4) is 0 Å². The molecule has 0 aromatic rings. The van der Waals surface area contributed by atoms with E-state index >= 15 is 0 Å². The van der Waals surface area contributed by atoms with Gasteiger partial charge in [-0.1, -0.05) is 51.4 Å². The molecule has 1 saturated carbocycles. The van der Waals surface area contributed by atoms with Crippen LogP contribution in [-0.2, 0) is 14.3 Å². The van der Waals surface area contributed by atoms with Gasteiger partial charge in [0.2, 0.25) is 0 Å². The normalized spacial score (nSPS) is 27.3. The molecule has 0 heterocycles. The van der Waals surface area contributed by atoms with Crippen LogP contribution in [0.5, 0.6) is 0 Å². The molecular formula is C18H31ClO3. The van der Waals surface area contributed by atoms with Crippen molar-refractivity contribution in [2.75, 3.05) is 7.11 Å². The smallest absolute Gasteiger partial charge is 0.316 e. The first-order valence-electron chi connectivity index (χ1n) is 8.89. The Labute approximate surface area is 140 Å². The van der Waals surface area contributed by atoms with Crippen LogP contribution < -0.4 is 0 Å². The van der Waals surface area contributed by atoms with Gasteiger partial charge in [0.1, 0.15) is 11.7 Å². The number of hydrogen-bond acceptors (Lipinski definition) is 3. The summed E-state index contributed by atoms with van der Waals surface area (Å²) in [6, 6.07) is 0. The van der Waals surface area contributed by atoms with Gasteiger partial charge in [-0.15, -0.1) is 11.6 Å². The quantitative estimate of drug-likeness (QED) is 0.384. The Kier molecular flexibility index (Phi) is 10.6. The van der Waals surface area contributed by atoms with Gasteiger partial charge in [-0.05, 0) is 25.7 Å². The molecule has 128 valence electrons. The largest absolute Gasteiger partial charge is 0.468 e. The van der Waals surface area contributed by atoms with Gasteiger partial charge < -0.3 is 4.74 Å². The standard InChI is InChI=1S/C18H31ClO3/c1-22-18(21)16-13-10-12-15(19)11-8-6-4-2-3-5-7-9-14-17(16)20/h15-16H,2-14H2,1H3. The first kappa shape index (κ1) is 19.5. The van der Waals surface area contributed by atoms with Crippen LogP contribution in [0.2, 0.25) is 0 Å². The molecule has 4 heteroatoms. The van der Waals surface area contributed by atoms with E-state index in [0.29, 0.717) is 12.8 Å². The van der Waals surface area contributed by atoms with Crippen molar-refractivity contribution in [3.63, 3.8) is 0 Å². The molecule has 0 spiro atoms. The second-order valence-electron chi connectivity index (χ2n) is 6.44. The Morgan fingerprint density at radius 3 is 2.09 bits per heavy atom. The van der Waals surface area contributed by atoms with E-state index in [1.54, 1.807) is 0 Å². The van der Waals surface area contributed by atoms with Crippen molar-refractivity contribution in [2.24, 2.45) is 5.92 Å². The molecule has 0 saturated heterocycles. The molecule has 1 rings (SSSR count). The lowest BCUT2D eigenvalue weighted by Crippen LogP contribution is -2.25. The number of carbonyl (C=O) groups is 2. The van der Waals surface area contributed by atoms with Crippen molar-refractivity contribution in [3.8, 4) is 0 Å². The summed E-state index contributed by atoms with van der Waals surface area (Å²) in [7, 11) is 1.36. The molecule has 1 aliphatic carbocycles. The summed E-state index contributed by atoms with van der Waals surface area (Å²) in [6.45, 7) is 0. The highest BCUT2D eigenvalue weighted by atomic mass is 35.5. The lowest BCUT2D eigenvalue weighted by molar-refractivity contribution is -0.149. The van der Waals surface area contributed by atoms with Crippen molar-refractivity contribution in [2.45, 2.75) is 88.8 Å². The van der Waals surface area contributed by atoms with Crippen LogP contribution in [0.4, 0.5) is 0 Å². The van der Waals surface area contributed by atoms with E-state index in [1.807, 2.05) is 0 Å². The number of carbonyl (C=O) groups excluding carboxylic acids is 2. The molecule has 0 aromatic heterocycles. The minimum Gasteiger partial charge on any atom is -0.468 e. The molecule has 0 aliphatic heterocycles. The van der Waals surface area contributed by atoms with Gasteiger partial charge in [0.05, 0.1) is 7.11 Å². The van der Waals surface area contributed by atoms with Crippen LogP contribution in [0.25, 0.3) is 0 Å². The number of rotatable bonds is 1. The fourth-order valence-corrected chi connectivity index (χ4v) is 3.45. The molecule has 0 radical (unpaired) electrons. The Morgan fingerprint density at radius 2 is 1.45 bits per heavy atom. The summed E-state index contributed by atoms with van der Waals surface area (Å²) >= 11 is 6.34. The number of halogens is 1. The van der Waals surface area contributed by atoms with E-state index in [0.717, 1.165) is 32.1 Å². The predicted octanol–water partition coefficient (Wildman–Crippen LogP) is 5.04. The average Bonchev–Trinajstić information content (AvgIpc) is 2.51. The van der Waals surface area contributed by atoms with E-state index in [9.17, 15) is 9.59 Å². The van der Waals surface area contributed by atoms with E-state index in [-0.39, 0.29) is 17.1 Å². The van der Waals surface area contributed by atoms with Crippen LogP contribution in [0.1, 0.15) is 83.5 Å². The number of ether oxygens (including phenoxy) is 1. The maximum Gasteiger partial charge on any atom is 0.316 e. The minimum absolute atomic E-state index is 0.0464. The molecule has 0 aromatic carbocycles. The van der Waals surface area contributed by atoms with Crippen molar-refractivity contribution in [1.82, 2.24) is 0 Å². The summed E-state index contributed by atoms with van der Waals surface area (Å²) in [6.07, 6.45) is 13.3. The lowest BCUT2D eigenvalue weighted by atomic mass is 9.92. The van der Waals surface area contributed by atoms with Gasteiger partial charge in [-0.3, -0.25) is 9.59 Å². The lowest BCUT2D eigenvalue weighted by Gasteiger charge is -2.15. The van der Waals surface area contributed by atoms with Crippen molar-refractivity contribution < 1.29 is 14.3 Å². The molecule has 0 bridgehead atoms. The SMILES string of the molecule is COC(=O)C1CCCC(Cl)CCCCCCCCCCC1=O. The monoisotopic (exact) mass is 330 g/mol. The topological polar surface area (TPSA) is 43.4 Å². The number of hydrogen-bond donors (Lipinski definition) is 0. The van der Waals surface area contributed by atoms with Crippen LogP contribution in [-0.4, -0.2) is 24.2 Å². The number of ketones is 1. The summed E-state index contributed by atoms with van der Waals surface area (Å²) in [5.74, 6) is -0.913. The van der Waals surface area contributed by atoms with Crippen molar-refractivity contribution in [3.05, 3.63) is 0 Å². The third-order valence-corrected chi connectivity index (χ3v) is 5.01. The van der Waals surface area contributed by atoms with Gasteiger partial charge in [0.25, 0.3) is 0 Å². The average molecular weight is 331 g/mol. The fraction of sp³-hybridized carbons (Fsp3) is 0.889. The maximum atomic E-state index is 12.3. The molecular weight excluding hydrogens is 300 g/mol. The molecule has 0 amide bonds. The third kappa shape index (κ3) is 8.17. The van der Waals surface area contributed by atoms with Crippen LogP contribution >= 0.6 is 11.6 Å². The highest BCUT2D eigenvalue weighted by Crippen LogP contribution is 2.22. The zero-order valence-electron chi connectivity index (χ0n) is 13.9. The molecule has 1 fully saturated rings. The van der Waals surface area contributed by atoms with Crippen LogP contribution in [0.15, 0.2) is 0 Å². The Morgan fingerprint density at radius 1 is 0.909 bits per heavy atom. The zero-order chi connectivity index (χ0) is 16.2. The number of esters is 1. The second-order valence-corrected chi connectivity index (χ2v) is 7.05. The maximum absolute atomic E-state index is 12.3. The molecule has 3 nitrogen and oxygen atoms in total. The molecule has 0 N–H and O–H groups in total. The van der Waals surface area contributed by atoms with E-state index in [4.69, 9.17) is 16.3 Å². The minimum atomic E-state index is -0.582. The number of methoxy groups -OCH3 is 1. The van der Waals surface area contributed by atoms with Gasteiger partial charge in [0, 0.05) is 11.8 Å². The number of alkyl halides is 1. The summed E-state index contributed by atoms with van der Waals surface area (Å²) in [4.78, 5) is 24.1. The third-order valence-electron chi connectivity index (χ3n) is 4.58. The Hall–Kier alpha value is -0.570. The zero-order valence-corrected chi connectivity index (χ0v) is 14.7.